The Morgan fingerprint density at radius 3 is 2.62 bits per heavy atom. The molecule has 0 fully saturated rings. The summed E-state index contributed by atoms with van der Waals surface area (Å²) in [7, 11) is 0. The lowest BCUT2D eigenvalue weighted by atomic mass is 9.98. The summed E-state index contributed by atoms with van der Waals surface area (Å²) in [6.07, 6.45) is 0.0771. The standard InChI is InChI=1S/C17H18FNO2/c1-2-21-17(20)11-16(19)13-8-9-15(18)14(10-13)12-6-4-3-5-7-12/h3-10,16H,2,11,19H2,1H3. The van der Waals surface area contributed by atoms with Gasteiger partial charge in [-0.1, -0.05) is 36.4 Å². The van der Waals surface area contributed by atoms with Gasteiger partial charge in [-0.25, -0.2) is 4.39 Å². The third-order valence-corrected chi connectivity index (χ3v) is 3.20. The van der Waals surface area contributed by atoms with Crippen LogP contribution in [0.3, 0.4) is 0 Å². The van der Waals surface area contributed by atoms with Gasteiger partial charge in [0.05, 0.1) is 13.0 Å². The molecule has 1 unspecified atom stereocenters. The lowest BCUT2D eigenvalue weighted by Gasteiger charge is -2.13. The molecule has 2 N–H and O–H groups in total. The van der Waals surface area contributed by atoms with Crippen LogP contribution in [-0.2, 0) is 9.53 Å². The normalized spacial score (nSPS) is 12.0. The maximum Gasteiger partial charge on any atom is 0.307 e. The van der Waals surface area contributed by atoms with Crippen LogP contribution in [0.15, 0.2) is 48.5 Å². The van der Waals surface area contributed by atoms with Crippen LogP contribution in [-0.4, -0.2) is 12.6 Å². The van der Waals surface area contributed by atoms with Gasteiger partial charge in [-0.3, -0.25) is 4.79 Å². The quantitative estimate of drug-likeness (QED) is 0.857. The van der Waals surface area contributed by atoms with Gasteiger partial charge < -0.3 is 10.5 Å². The first-order valence-electron chi connectivity index (χ1n) is 6.88. The fourth-order valence-corrected chi connectivity index (χ4v) is 2.13. The van der Waals surface area contributed by atoms with Crippen LogP contribution in [0, 0.1) is 5.82 Å². The number of halogens is 1. The van der Waals surface area contributed by atoms with Gasteiger partial charge in [0, 0.05) is 11.6 Å². The molecule has 0 amide bonds. The summed E-state index contributed by atoms with van der Waals surface area (Å²) in [5.41, 5.74) is 7.97. The van der Waals surface area contributed by atoms with E-state index >= 15 is 0 Å². The summed E-state index contributed by atoms with van der Waals surface area (Å²) in [5, 5.41) is 0. The van der Waals surface area contributed by atoms with Crippen LogP contribution in [0.25, 0.3) is 11.1 Å². The number of ether oxygens (including phenoxy) is 1. The Labute approximate surface area is 123 Å². The second-order valence-corrected chi connectivity index (χ2v) is 4.72. The van der Waals surface area contributed by atoms with Crippen molar-refractivity contribution in [3.63, 3.8) is 0 Å². The minimum atomic E-state index is -0.507. The molecule has 0 spiro atoms. The smallest absolute Gasteiger partial charge is 0.307 e. The molecule has 0 saturated carbocycles. The zero-order chi connectivity index (χ0) is 15.2. The topological polar surface area (TPSA) is 52.3 Å². The van der Waals surface area contributed by atoms with Crippen molar-refractivity contribution in [3.05, 3.63) is 59.9 Å². The van der Waals surface area contributed by atoms with Crippen molar-refractivity contribution < 1.29 is 13.9 Å². The highest BCUT2D eigenvalue weighted by Crippen LogP contribution is 2.26. The Morgan fingerprint density at radius 2 is 1.95 bits per heavy atom. The molecule has 1 atom stereocenters. The summed E-state index contributed by atoms with van der Waals surface area (Å²) in [6, 6.07) is 13.4. The molecule has 0 aliphatic heterocycles. The van der Waals surface area contributed by atoms with Crippen molar-refractivity contribution in [2.45, 2.75) is 19.4 Å². The second kappa shape index (κ2) is 6.99. The molecular formula is C17H18FNO2. The Hall–Kier alpha value is -2.20. The lowest BCUT2D eigenvalue weighted by Crippen LogP contribution is -2.17. The average molecular weight is 287 g/mol. The number of rotatable bonds is 5. The minimum Gasteiger partial charge on any atom is -0.466 e. The van der Waals surface area contributed by atoms with E-state index in [1.807, 2.05) is 30.3 Å². The molecular weight excluding hydrogens is 269 g/mol. The third kappa shape index (κ3) is 3.89. The molecule has 21 heavy (non-hydrogen) atoms. The number of benzene rings is 2. The molecule has 0 aliphatic rings. The Bertz CT molecular complexity index is 613. The monoisotopic (exact) mass is 287 g/mol. The molecule has 3 nitrogen and oxygen atoms in total. The fraction of sp³-hybridized carbons (Fsp3) is 0.235. The van der Waals surface area contributed by atoms with E-state index in [0.29, 0.717) is 17.7 Å². The van der Waals surface area contributed by atoms with Gasteiger partial charge in [0.25, 0.3) is 0 Å². The van der Waals surface area contributed by atoms with Gasteiger partial charge in [0.2, 0.25) is 0 Å². The molecule has 2 aromatic carbocycles. The predicted octanol–water partition coefficient (Wildman–Crippen LogP) is 3.45. The first kappa shape index (κ1) is 15.2. The lowest BCUT2D eigenvalue weighted by molar-refractivity contribution is -0.143. The van der Waals surface area contributed by atoms with Gasteiger partial charge in [-0.15, -0.1) is 0 Å². The molecule has 0 saturated heterocycles. The molecule has 0 aromatic heterocycles. The summed E-state index contributed by atoms with van der Waals surface area (Å²) in [6.45, 7) is 2.07. The largest absolute Gasteiger partial charge is 0.466 e. The third-order valence-electron chi connectivity index (χ3n) is 3.20. The summed E-state index contributed by atoms with van der Waals surface area (Å²) >= 11 is 0. The van der Waals surface area contributed by atoms with Gasteiger partial charge in [-0.05, 0) is 30.2 Å². The molecule has 110 valence electrons. The predicted molar refractivity (Wildman–Crippen MR) is 80.0 cm³/mol. The van der Waals surface area contributed by atoms with Crippen molar-refractivity contribution in [1.29, 1.82) is 0 Å². The van der Waals surface area contributed by atoms with E-state index in [0.717, 1.165) is 5.56 Å². The Morgan fingerprint density at radius 1 is 1.24 bits per heavy atom. The van der Waals surface area contributed by atoms with Crippen molar-refractivity contribution >= 4 is 5.97 Å². The Kier molecular flexibility index (Phi) is 5.06. The van der Waals surface area contributed by atoms with Crippen molar-refractivity contribution in [1.82, 2.24) is 0 Å². The fourth-order valence-electron chi connectivity index (χ4n) is 2.13. The summed E-state index contributed by atoms with van der Waals surface area (Å²) in [4.78, 5) is 11.5. The van der Waals surface area contributed by atoms with E-state index in [-0.39, 0.29) is 18.2 Å². The van der Waals surface area contributed by atoms with E-state index in [9.17, 15) is 9.18 Å². The molecule has 0 bridgehead atoms. The number of hydrogen-bond donors (Lipinski definition) is 1. The van der Waals surface area contributed by atoms with Crippen LogP contribution in [0.5, 0.6) is 0 Å². The van der Waals surface area contributed by atoms with Crippen LogP contribution >= 0.6 is 0 Å². The van der Waals surface area contributed by atoms with Crippen molar-refractivity contribution in [2.24, 2.45) is 5.73 Å². The molecule has 0 aliphatic carbocycles. The van der Waals surface area contributed by atoms with Crippen LogP contribution in [0.1, 0.15) is 24.9 Å². The zero-order valence-corrected chi connectivity index (χ0v) is 11.9. The molecule has 0 heterocycles. The molecule has 4 heteroatoms. The van der Waals surface area contributed by atoms with E-state index in [4.69, 9.17) is 10.5 Å². The van der Waals surface area contributed by atoms with Crippen molar-refractivity contribution in [3.8, 4) is 11.1 Å². The maximum atomic E-state index is 14.0. The second-order valence-electron chi connectivity index (χ2n) is 4.72. The first-order valence-corrected chi connectivity index (χ1v) is 6.88. The van der Waals surface area contributed by atoms with Crippen LogP contribution in [0.4, 0.5) is 4.39 Å². The number of hydrogen-bond acceptors (Lipinski definition) is 3. The SMILES string of the molecule is CCOC(=O)CC(N)c1ccc(F)c(-c2ccccc2)c1. The number of carbonyl (C=O) groups is 1. The van der Waals surface area contributed by atoms with E-state index in [1.54, 1.807) is 19.1 Å². The van der Waals surface area contributed by atoms with Gasteiger partial charge in [0.1, 0.15) is 5.82 Å². The Balaban J connectivity index is 2.24. The van der Waals surface area contributed by atoms with Gasteiger partial charge in [0.15, 0.2) is 0 Å². The highest BCUT2D eigenvalue weighted by molar-refractivity contribution is 5.71. The minimum absolute atomic E-state index is 0.0771. The summed E-state index contributed by atoms with van der Waals surface area (Å²) < 4.78 is 18.8. The number of carbonyl (C=O) groups excluding carboxylic acids is 1. The highest BCUT2D eigenvalue weighted by atomic mass is 19.1. The number of nitrogens with two attached hydrogens (primary N) is 1. The number of esters is 1. The molecule has 2 aromatic rings. The zero-order valence-electron chi connectivity index (χ0n) is 11.9. The maximum absolute atomic E-state index is 14.0. The van der Waals surface area contributed by atoms with Gasteiger partial charge in [-0.2, -0.15) is 0 Å². The van der Waals surface area contributed by atoms with Crippen molar-refractivity contribution in [2.75, 3.05) is 6.61 Å². The highest BCUT2D eigenvalue weighted by Gasteiger charge is 2.15. The average Bonchev–Trinajstić information content (AvgIpc) is 2.48. The van der Waals surface area contributed by atoms with Gasteiger partial charge >= 0.3 is 5.97 Å². The first-order chi connectivity index (χ1) is 10.1. The van der Waals surface area contributed by atoms with E-state index in [2.05, 4.69) is 0 Å². The van der Waals surface area contributed by atoms with Crippen LogP contribution in [0.2, 0.25) is 0 Å². The van der Waals surface area contributed by atoms with E-state index < -0.39 is 6.04 Å². The van der Waals surface area contributed by atoms with E-state index in [1.165, 1.54) is 6.07 Å². The molecule has 0 radical (unpaired) electrons. The molecule has 2 rings (SSSR count). The van der Waals surface area contributed by atoms with Crippen LogP contribution < -0.4 is 5.73 Å². The summed E-state index contributed by atoms with van der Waals surface area (Å²) in [5.74, 6) is -0.663.